The monoisotopic (exact) mass is 330 g/mol. The van der Waals surface area contributed by atoms with Crippen LogP contribution in [0.25, 0.3) is 0 Å². The van der Waals surface area contributed by atoms with Gasteiger partial charge in [0, 0.05) is 11.1 Å². The largest absolute Gasteiger partial charge is 0.481 e. The normalized spacial score (nSPS) is 18.0. The van der Waals surface area contributed by atoms with E-state index in [4.69, 9.17) is 0 Å². The second kappa shape index (κ2) is 6.81. The van der Waals surface area contributed by atoms with Crippen LogP contribution in [0.2, 0.25) is 0 Å². The number of aromatic nitrogens is 1. The average molecular weight is 330 g/mol. The maximum absolute atomic E-state index is 11.2. The molecule has 1 N–H and O–H groups in total. The molecule has 0 saturated carbocycles. The highest BCUT2D eigenvalue weighted by Gasteiger charge is 2.31. The number of hydrogen-bond acceptors (Lipinski definition) is 4. The number of likely N-dealkylation sites (tertiary alicyclic amines) is 1. The quantitative estimate of drug-likeness (QED) is 0.930. The van der Waals surface area contributed by atoms with Crippen molar-refractivity contribution < 1.29 is 9.90 Å². The van der Waals surface area contributed by atoms with Crippen molar-refractivity contribution in [1.29, 1.82) is 0 Å². The number of piperidine rings is 1. The van der Waals surface area contributed by atoms with E-state index in [0.717, 1.165) is 24.3 Å². The molecule has 0 spiro atoms. The third-order valence-electron chi connectivity index (χ3n) is 4.61. The van der Waals surface area contributed by atoms with E-state index < -0.39 is 5.97 Å². The van der Waals surface area contributed by atoms with E-state index >= 15 is 0 Å². The van der Waals surface area contributed by atoms with E-state index in [1.54, 1.807) is 11.3 Å². The lowest BCUT2D eigenvalue weighted by Crippen LogP contribution is -2.39. The van der Waals surface area contributed by atoms with Gasteiger partial charge in [-0.3, -0.25) is 14.7 Å². The first-order valence-electron chi connectivity index (χ1n) is 7.99. The van der Waals surface area contributed by atoms with E-state index in [1.165, 1.54) is 10.4 Å². The molecule has 1 fully saturated rings. The molecule has 3 heterocycles. The van der Waals surface area contributed by atoms with Crippen molar-refractivity contribution in [3.63, 3.8) is 0 Å². The van der Waals surface area contributed by atoms with Crippen LogP contribution in [-0.2, 0) is 4.79 Å². The Bertz CT molecular complexity index is 673. The second-order valence-electron chi connectivity index (χ2n) is 6.28. The average Bonchev–Trinajstić information content (AvgIpc) is 2.96. The third kappa shape index (κ3) is 3.46. The molecular weight excluding hydrogens is 308 g/mol. The Labute approximate surface area is 140 Å². The van der Waals surface area contributed by atoms with Gasteiger partial charge in [-0.25, -0.2) is 0 Å². The van der Waals surface area contributed by atoms with Crippen molar-refractivity contribution in [2.24, 2.45) is 5.92 Å². The summed E-state index contributed by atoms with van der Waals surface area (Å²) in [4.78, 5) is 19.5. The van der Waals surface area contributed by atoms with E-state index in [1.807, 2.05) is 13.1 Å². The Morgan fingerprint density at radius 2 is 2.04 bits per heavy atom. The third-order valence-corrected chi connectivity index (χ3v) is 5.68. The minimum Gasteiger partial charge on any atom is -0.481 e. The van der Waals surface area contributed by atoms with Gasteiger partial charge in [0.05, 0.1) is 17.7 Å². The maximum Gasteiger partial charge on any atom is 0.306 e. The summed E-state index contributed by atoms with van der Waals surface area (Å²) in [5.41, 5.74) is 3.48. The Balaban J connectivity index is 1.89. The van der Waals surface area contributed by atoms with Gasteiger partial charge in [-0.2, -0.15) is 0 Å². The molecule has 23 heavy (non-hydrogen) atoms. The molecule has 4 nitrogen and oxygen atoms in total. The minimum absolute atomic E-state index is 0.130. The minimum atomic E-state index is -0.665. The van der Waals surface area contributed by atoms with Gasteiger partial charge < -0.3 is 5.11 Å². The van der Waals surface area contributed by atoms with Crippen LogP contribution in [0.15, 0.2) is 29.8 Å². The number of carboxylic acids is 1. The van der Waals surface area contributed by atoms with Crippen molar-refractivity contribution in [2.75, 3.05) is 13.1 Å². The lowest BCUT2D eigenvalue weighted by atomic mass is 9.94. The van der Waals surface area contributed by atoms with Crippen LogP contribution in [0.4, 0.5) is 0 Å². The van der Waals surface area contributed by atoms with Crippen LogP contribution in [0.1, 0.15) is 40.6 Å². The zero-order valence-electron chi connectivity index (χ0n) is 13.5. The smallest absolute Gasteiger partial charge is 0.306 e. The summed E-state index contributed by atoms with van der Waals surface area (Å²) in [5, 5.41) is 11.3. The summed E-state index contributed by atoms with van der Waals surface area (Å²) in [6, 6.07) is 6.47. The number of carboxylic acid groups (broad SMARTS) is 1. The molecule has 2 aromatic rings. The molecule has 0 radical (unpaired) electrons. The van der Waals surface area contributed by atoms with Gasteiger partial charge in [0.1, 0.15) is 0 Å². The van der Waals surface area contributed by atoms with E-state index in [9.17, 15) is 9.90 Å². The number of aryl methyl sites for hydroxylation is 2. The van der Waals surface area contributed by atoms with Crippen LogP contribution < -0.4 is 0 Å². The molecule has 2 aromatic heterocycles. The van der Waals surface area contributed by atoms with Crippen LogP contribution in [0.5, 0.6) is 0 Å². The van der Waals surface area contributed by atoms with E-state index in [0.29, 0.717) is 12.8 Å². The first-order valence-corrected chi connectivity index (χ1v) is 8.87. The lowest BCUT2D eigenvalue weighted by Gasteiger charge is -2.36. The van der Waals surface area contributed by atoms with Gasteiger partial charge >= 0.3 is 5.97 Å². The van der Waals surface area contributed by atoms with Crippen molar-refractivity contribution in [3.05, 3.63) is 51.5 Å². The highest BCUT2D eigenvalue weighted by molar-refractivity contribution is 7.10. The highest BCUT2D eigenvalue weighted by Crippen LogP contribution is 2.36. The fraction of sp³-hybridized carbons (Fsp3) is 0.444. The standard InChI is InChI=1S/C18H22N2O2S/c1-12-3-4-15(19-11-12)16(17-13(2)7-10-23-17)20-8-5-14(6-9-20)18(21)22/h3-4,7,10-11,14,16H,5-6,8-9H2,1-2H3,(H,21,22). The number of pyridine rings is 1. The van der Waals surface area contributed by atoms with Crippen molar-refractivity contribution in [1.82, 2.24) is 9.88 Å². The molecule has 1 saturated heterocycles. The predicted molar refractivity (Wildman–Crippen MR) is 91.8 cm³/mol. The first-order chi connectivity index (χ1) is 11.1. The molecule has 122 valence electrons. The molecule has 1 aliphatic rings. The molecule has 1 atom stereocenters. The summed E-state index contributed by atoms with van der Waals surface area (Å²) in [6.07, 6.45) is 3.33. The molecule has 0 aromatic carbocycles. The number of aliphatic carboxylic acids is 1. The van der Waals surface area contributed by atoms with Crippen molar-refractivity contribution >= 4 is 17.3 Å². The van der Waals surface area contributed by atoms with Gasteiger partial charge in [-0.15, -0.1) is 11.3 Å². The summed E-state index contributed by atoms with van der Waals surface area (Å²) in [7, 11) is 0. The summed E-state index contributed by atoms with van der Waals surface area (Å²) < 4.78 is 0. The topological polar surface area (TPSA) is 53.4 Å². The van der Waals surface area contributed by atoms with Crippen LogP contribution >= 0.6 is 11.3 Å². The summed E-state index contributed by atoms with van der Waals surface area (Å²) in [5.74, 6) is -0.871. The molecule has 1 unspecified atom stereocenters. The number of nitrogens with zero attached hydrogens (tertiary/aromatic N) is 2. The van der Waals surface area contributed by atoms with Crippen LogP contribution in [0, 0.1) is 19.8 Å². The fourth-order valence-electron chi connectivity index (χ4n) is 3.20. The maximum atomic E-state index is 11.2. The fourth-order valence-corrected chi connectivity index (χ4v) is 4.27. The lowest BCUT2D eigenvalue weighted by molar-refractivity contribution is -0.143. The molecule has 5 heteroatoms. The Hall–Kier alpha value is -1.72. The second-order valence-corrected chi connectivity index (χ2v) is 7.23. The van der Waals surface area contributed by atoms with Gasteiger partial charge in [0.15, 0.2) is 0 Å². The summed E-state index contributed by atoms with van der Waals surface area (Å²) >= 11 is 1.76. The van der Waals surface area contributed by atoms with Gasteiger partial charge in [0.2, 0.25) is 0 Å². The molecule has 0 bridgehead atoms. The van der Waals surface area contributed by atoms with Gasteiger partial charge in [0.25, 0.3) is 0 Å². The number of rotatable bonds is 4. The van der Waals surface area contributed by atoms with E-state index in [2.05, 4.69) is 40.4 Å². The SMILES string of the molecule is Cc1ccc(C(c2sccc2C)N2CCC(C(=O)O)CC2)nc1. The van der Waals surface area contributed by atoms with Crippen LogP contribution in [0.3, 0.4) is 0 Å². The van der Waals surface area contributed by atoms with E-state index in [-0.39, 0.29) is 12.0 Å². The number of carbonyl (C=O) groups is 1. The zero-order chi connectivity index (χ0) is 16.4. The van der Waals surface area contributed by atoms with Gasteiger partial charge in [-0.05, 0) is 68.4 Å². The van der Waals surface area contributed by atoms with Crippen molar-refractivity contribution in [3.8, 4) is 0 Å². The Morgan fingerprint density at radius 3 is 2.57 bits per heavy atom. The molecular formula is C18H22N2O2S. The van der Waals surface area contributed by atoms with Gasteiger partial charge in [-0.1, -0.05) is 6.07 Å². The molecule has 0 amide bonds. The van der Waals surface area contributed by atoms with Crippen LogP contribution in [-0.4, -0.2) is 34.0 Å². The molecule has 0 aliphatic carbocycles. The predicted octanol–water partition coefficient (Wildman–Crippen LogP) is 3.65. The Morgan fingerprint density at radius 1 is 1.30 bits per heavy atom. The van der Waals surface area contributed by atoms with Crippen molar-refractivity contribution in [2.45, 2.75) is 32.7 Å². The molecule has 1 aliphatic heterocycles. The Kier molecular flexibility index (Phi) is 4.78. The zero-order valence-corrected chi connectivity index (χ0v) is 14.3. The first kappa shape index (κ1) is 16.1. The highest BCUT2D eigenvalue weighted by atomic mass is 32.1. The molecule has 3 rings (SSSR count). The summed E-state index contributed by atoms with van der Waals surface area (Å²) in [6.45, 7) is 5.78. The number of hydrogen-bond donors (Lipinski definition) is 1. The number of thiophene rings is 1.